The first kappa shape index (κ1) is 18.8. The molecule has 0 spiro atoms. The Morgan fingerprint density at radius 2 is 1.92 bits per heavy atom. The molecule has 2 heterocycles. The zero-order valence-electron chi connectivity index (χ0n) is 14.5. The van der Waals surface area contributed by atoms with Crippen molar-refractivity contribution in [2.24, 2.45) is 10.7 Å². The number of guanidine groups is 1. The van der Waals surface area contributed by atoms with Gasteiger partial charge in [-0.2, -0.15) is 0 Å². The van der Waals surface area contributed by atoms with Gasteiger partial charge < -0.3 is 5.73 Å². The minimum absolute atomic E-state index is 0.0925. The van der Waals surface area contributed by atoms with Crippen LogP contribution in [0.1, 0.15) is 35.8 Å². The lowest BCUT2D eigenvalue weighted by Gasteiger charge is -2.40. The molecule has 1 aromatic heterocycles. The van der Waals surface area contributed by atoms with Crippen LogP contribution in [0.2, 0.25) is 5.02 Å². The normalized spacial score (nSPS) is 23.9. The number of hydrogen-bond acceptors (Lipinski definition) is 4. The fourth-order valence-electron chi connectivity index (χ4n) is 3.20. The number of alkyl halides is 2. The first-order valence-electron chi connectivity index (χ1n) is 7.90. The number of rotatable bonds is 3. The molecule has 1 aliphatic rings. The number of aliphatic imine (C=N–C) groups is 1. The molecule has 0 radical (unpaired) electrons. The largest absolute Gasteiger partial charge is 0.369 e. The standard InChI is InChI=1S/C18H18ClF2N3OS/c1-17(14-12(19)8-9-26-14)13(15(25)24(3)16(22)23-17)10-4-6-11(7-5-10)18(2,20)21/h4-9,13H,1-3H3,(H2,22,23)/t13?,17-/m0/s1. The molecule has 8 heteroatoms. The molecule has 2 N–H and O–H groups in total. The average molecular weight is 398 g/mol. The van der Waals surface area contributed by atoms with Gasteiger partial charge in [0.15, 0.2) is 5.96 Å². The predicted molar refractivity (Wildman–Crippen MR) is 99.8 cm³/mol. The van der Waals surface area contributed by atoms with Gasteiger partial charge in [0.2, 0.25) is 5.91 Å². The van der Waals surface area contributed by atoms with Crippen molar-refractivity contribution in [1.29, 1.82) is 0 Å². The van der Waals surface area contributed by atoms with Crippen LogP contribution in [0.3, 0.4) is 0 Å². The van der Waals surface area contributed by atoms with E-state index in [1.807, 2.05) is 5.38 Å². The van der Waals surface area contributed by atoms with E-state index in [0.717, 1.165) is 6.92 Å². The molecular weight excluding hydrogens is 380 g/mol. The zero-order chi connectivity index (χ0) is 19.3. The number of hydrogen-bond donors (Lipinski definition) is 1. The molecule has 1 unspecified atom stereocenters. The number of nitrogens with zero attached hydrogens (tertiary/aromatic N) is 2. The first-order chi connectivity index (χ1) is 12.1. The van der Waals surface area contributed by atoms with Crippen molar-refractivity contribution in [3.05, 3.63) is 56.7 Å². The monoisotopic (exact) mass is 397 g/mol. The van der Waals surface area contributed by atoms with Crippen LogP contribution < -0.4 is 5.73 Å². The van der Waals surface area contributed by atoms with Crippen molar-refractivity contribution in [1.82, 2.24) is 4.90 Å². The Hall–Kier alpha value is -1.99. The number of amides is 1. The molecule has 26 heavy (non-hydrogen) atoms. The minimum atomic E-state index is -2.95. The highest BCUT2D eigenvalue weighted by atomic mass is 35.5. The molecule has 4 nitrogen and oxygen atoms in total. The molecule has 1 aromatic carbocycles. The Labute approximate surface area is 159 Å². The molecule has 0 saturated heterocycles. The van der Waals surface area contributed by atoms with Gasteiger partial charge in [-0.15, -0.1) is 11.3 Å². The number of benzene rings is 1. The third-order valence-corrected chi connectivity index (χ3v) is 6.23. The molecule has 2 atom stereocenters. The van der Waals surface area contributed by atoms with Crippen molar-refractivity contribution in [2.45, 2.75) is 31.2 Å². The average Bonchev–Trinajstić information content (AvgIpc) is 2.99. The molecule has 0 fully saturated rings. The summed E-state index contributed by atoms with van der Waals surface area (Å²) in [6.07, 6.45) is 0. The summed E-state index contributed by atoms with van der Waals surface area (Å²) < 4.78 is 27.0. The number of thiophene rings is 1. The van der Waals surface area contributed by atoms with Gasteiger partial charge in [-0.3, -0.25) is 9.69 Å². The fraction of sp³-hybridized carbons (Fsp3) is 0.333. The SMILES string of the molecule is CN1C(=O)C(c2ccc(C(C)(F)F)cc2)[C@@](C)(c2sccc2Cl)N=C1N. The number of halogens is 3. The molecular formula is C18H18ClF2N3OS. The summed E-state index contributed by atoms with van der Waals surface area (Å²) in [5.41, 5.74) is 5.39. The summed E-state index contributed by atoms with van der Waals surface area (Å²) in [4.78, 5) is 19.6. The molecule has 1 aliphatic heterocycles. The number of likely N-dealkylation sites (N-methyl/N-ethyl adjacent to an activating group) is 1. The van der Waals surface area contributed by atoms with Gasteiger partial charge in [0.1, 0.15) is 5.54 Å². The summed E-state index contributed by atoms with van der Waals surface area (Å²) in [6.45, 7) is 2.62. The van der Waals surface area contributed by atoms with Crippen molar-refractivity contribution in [2.75, 3.05) is 7.05 Å². The Morgan fingerprint density at radius 3 is 2.42 bits per heavy atom. The van der Waals surface area contributed by atoms with Crippen molar-refractivity contribution >= 4 is 34.8 Å². The fourth-order valence-corrected chi connectivity index (χ4v) is 4.58. The maximum atomic E-state index is 13.5. The van der Waals surface area contributed by atoms with Crippen LogP contribution in [0.4, 0.5) is 8.78 Å². The van der Waals surface area contributed by atoms with Crippen molar-refractivity contribution < 1.29 is 13.6 Å². The summed E-state index contributed by atoms with van der Waals surface area (Å²) in [5.74, 6) is -3.85. The van der Waals surface area contributed by atoms with Crippen LogP contribution in [-0.4, -0.2) is 23.8 Å². The molecule has 0 bridgehead atoms. The van der Waals surface area contributed by atoms with Gasteiger partial charge in [0.25, 0.3) is 5.92 Å². The second kappa shape index (κ2) is 6.32. The molecule has 0 saturated carbocycles. The van der Waals surface area contributed by atoms with E-state index in [4.69, 9.17) is 17.3 Å². The maximum absolute atomic E-state index is 13.5. The summed E-state index contributed by atoms with van der Waals surface area (Å²) in [5, 5.41) is 2.31. The van der Waals surface area contributed by atoms with Gasteiger partial charge >= 0.3 is 0 Å². The predicted octanol–water partition coefficient (Wildman–Crippen LogP) is 4.30. The second-order valence-corrected chi connectivity index (χ2v) is 7.88. The highest BCUT2D eigenvalue weighted by molar-refractivity contribution is 7.10. The van der Waals surface area contributed by atoms with Crippen LogP contribution in [0, 0.1) is 0 Å². The molecule has 2 aromatic rings. The van der Waals surface area contributed by atoms with E-state index < -0.39 is 17.4 Å². The Morgan fingerprint density at radius 1 is 1.31 bits per heavy atom. The van der Waals surface area contributed by atoms with E-state index in [1.165, 1.54) is 28.4 Å². The second-order valence-electron chi connectivity index (χ2n) is 6.56. The topological polar surface area (TPSA) is 58.7 Å². The van der Waals surface area contributed by atoms with E-state index in [2.05, 4.69) is 4.99 Å². The Kier molecular flexibility index (Phi) is 4.56. The molecule has 1 amide bonds. The van der Waals surface area contributed by atoms with E-state index >= 15 is 0 Å². The lowest BCUT2D eigenvalue weighted by atomic mass is 9.77. The molecule has 0 aliphatic carbocycles. The van der Waals surface area contributed by atoms with Crippen molar-refractivity contribution in [3.8, 4) is 0 Å². The zero-order valence-corrected chi connectivity index (χ0v) is 16.0. The van der Waals surface area contributed by atoms with Crippen LogP contribution >= 0.6 is 22.9 Å². The van der Waals surface area contributed by atoms with Crippen LogP contribution in [-0.2, 0) is 16.3 Å². The lowest BCUT2D eigenvalue weighted by Crippen LogP contribution is -2.52. The highest BCUT2D eigenvalue weighted by Gasteiger charge is 2.48. The molecule has 3 rings (SSSR count). The summed E-state index contributed by atoms with van der Waals surface area (Å²) in [7, 11) is 1.54. The highest BCUT2D eigenvalue weighted by Crippen LogP contribution is 2.48. The number of carbonyl (C=O) groups excluding carboxylic acids is 1. The van der Waals surface area contributed by atoms with Crippen LogP contribution in [0.5, 0.6) is 0 Å². The quantitative estimate of drug-likeness (QED) is 0.839. The van der Waals surface area contributed by atoms with E-state index in [-0.39, 0.29) is 17.4 Å². The number of carbonyl (C=O) groups is 1. The van der Waals surface area contributed by atoms with Gasteiger partial charge in [0.05, 0.1) is 15.8 Å². The van der Waals surface area contributed by atoms with E-state index in [0.29, 0.717) is 15.5 Å². The van der Waals surface area contributed by atoms with E-state index in [1.54, 1.807) is 32.2 Å². The Balaban J connectivity index is 2.16. The summed E-state index contributed by atoms with van der Waals surface area (Å²) in [6, 6.07) is 7.49. The Bertz CT molecular complexity index is 875. The van der Waals surface area contributed by atoms with Crippen molar-refractivity contribution in [3.63, 3.8) is 0 Å². The third-order valence-electron chi connectivity index (χ3n) is 4.66. The van der Waals surface area contributed by atoms with Gasteiger partial charge in [-0.05, 0) is 23.9 Å². The van der Waals surface area contributed by atoms with Gasteiger partial charge in [0, 0.05) is 19.5 Å². The smallest absolute Gasteiger partial charge is 0.270 e. The minimum Gasteiger partial charge on any atom is -0.369 e. The molecule has 138 valence electrons. The first-order valence-corrected chi connectivity index (χ1v) is 9.16. The number of nitrogens with two attached hydrogens (primary N) is 1. The van der Waals surface area contributed by atoms with E-state index in [9.17, 15) is 13.6 Å². The van der Waals surface area contributed by atoms with Gasteiger partial charge in [-0.25, -0.2) is 13.8 Å². The maximum Gasteiger partial charge on any atom is 0.270 e. The third kappa shape index (κ3) is 2.99. The lowest BCUT2D eigenvalue weighted by molar-refractivity contribution is -0.130. The van der Waals surface area contributed by atoms with Crippen LogP contribution in [0.25, 0.3) is 0 Å². The summed E-state index contributed by atoms with van der Waals surface area (Å²) >= 11 is 7.69. The van der Waals surface area contributed by atoms with Crippen LogP contribution in [0.15, 0.2) is 40.7 Å². The van der Waals surface area contributed by atoms with Gasteiger partial charge in [-0.1, -0.05) is 35.9 Å².